The molecular formula is C8H8ClNO5. The maximum absolute atomic E-state index is 8.49. The molecule has 1 heterocycles. The summed E-state index contributed by atoms with van der Waals surface area (Å²) in [5.41, 5.74) is 1.21. The lowest BCUT2D eigenvalue weighted by molar-refractivity contribution is -2.00. The van der Waals surface area contributed by atoms with Crippen LogP contribution in [0.25, 0.3) is 0 Å². The van der Waals surface area contributed by atoms with Gasteiger partial charge in [-0.15, -0.1) is 10.2 Å². The van der Waals surface area contributed by atoms with Gasteiger partial charge < -0.3 is 4.74 Å². The highest BCUT2D eigenvalue weighted by atomic mass is 35.7. The number of benzene rings is 1. The van der Waals surface area contributed by atoms with Crippen molar-refractivity contribution in [2.75, 3.05) is 0 Å². The third-order valence-electron chi connectivity index (χ3n) is 1.53. The number of para-hydroxylation sites is 1. The van der Waals surface area contributed by atoms with Crippen molar-refractivity contribution < 1.29 is 38.6 Å². The van der Waals surface area contributed by atoms with E-state index in [4.69, 9.17) is 23.4 Å². The van der Waals surface area contributed by atoms with Gasteiger partial charge in [0.15, 0.2) is 6.54 Å². The molecule has 0 atom stereocenters. The van der Waals surface area contributed by atoms with Crippen LogP contribution in [0, 0.1) is 10.2 Å². The van der Waals surface area contributed by atoms with E-state index in [0.29, 0.717) is 0 Å². The molecule has 0 aliphatic carbocycles. The summed E-state index contributed by atoms with van der Waals surface area (Å²) in [4.78, 5) is 2.99. The van der Waals surface area contributed by atoms with Gasteiger partial charge in [0, 0.05) is 0 Å². The fourth-order valence-corrected chi connectivity index (χ4v) is 1.02. The molecule has 2 rings (SSSR count). The van der Waals surface area contributed by atoms with Crippen LogP contribution in [0.4, 0.5) is 0 Å². The zero-order chi connectivity index (χ0) is 11.3. The van der Waals surface area contributed by atoms with E-state index >= 15 is 0 Å². The molecule has 0 amide bonds. The summed E-state index contributed by atoms with van der Waals surface area (Å²) in [6, 6.07) is 8.00. The topological polar surface area (TPSA) is 115 Å². The maximum atomic E-state index is 8.49. The maximum Gasteiger partial charge on any atom is 0.327 e. The smallest absolute Gasteiger partial charge is 0.327 e. The van der Waals surface area contributed by atoms with Gasteiger partial charge in [0.25, 0.3) is 0 Å². The molecule has 0 bridgehead atoms. The van der Waals surface area contributed by atoms with E-state index in [2.05, 4.69) is 11.1 Å². The lowest BCUT2D eigenvalue weighted by Gasteiger charge is -2.17. The Labute approximate surface area is 87.8 Å². The third-order valence-corrected chi connectivity index (χ3v) is 1.53. The molecular weight excluding hydrogens is 226 g/mol. The zero-order valence-electron chi connectivity index (χ0n) is 7.51. The fraction of sp³-hybridized carbons (Fsp3) is 0.125. The van der Waals surface area contributed by atoms with Crippen molar-refractivity contribution in [1.82, 2.24) is 0 Å². The molecule has 0 unspecified atom stereocenters. The van der Waals surface area contributed by atoms with E-state index < -0.39 is 10.2 Å². The number of rotatable bonds is 0. The Morgan fingerprint density at radius 1 is 1.13 bits per heavy atom. The van der Waals surface area contributed by atoms with Crippen molar-refractivity contribution in [2.24, 2.45) is 0 Å². The fourth-order valence-electron chi connectivity index (χ4n) is 1.02. The largest absolute Gasteiger partial charge is 0.411 e. The highest BCUT2D eigenvalue weighted by Crippen LogP contribution is 2.16. The summed E-state index contributed by atoms with van der Waals surface area (Å²) in [6.07, 6.45) is 1.61. The molecule has 0 radical (unpaired) electrons. The average Bonchev–Trinajstić information content (AvgIpc) is 2.16. The highest BCUT2D eigenvalue weighted by molar-refractivity contribution is 5.49. The van der Waals surface area contributed by atoms with Crippen LogP contribution in [0.1, 0.15) is 5.56 Å². The van der Waals surface area contributed by atoms with Gasteiger partial charge in [-0.25, -0.2) is 23.6 Å². The van der Waals surface area contributed by atoms with Crippen LogP contribution >= 0.6 is 0 Å². The molecule has 0 fully saturated rings. The van der Waals surface area contributed by atoms with Crippen molar-refractivity contribution in [3.8, 4) is 5.75 Å². The summed E-state index contributed by atoms with van der Waals surface area (Å²) in [6.45, 7) is 0.871. The summed E-state index contributed by atoms with van der Waals surface area (Å²) in [5, 5.41) is 0. The SMILES string of the molecule is C1=[NH+]Cc2ccccc2O1.[O-][Cl+3]([O-])([O-])[O-]. The van der Waals surface area contributed by atoms with Gasteiger partial charge in [-0.2, -0.15) is 0 Å². The Hall–Kier alpha value is -1.18. The van der Waals surface area contributed by atoms with Crippen molar-refractivity contribution in [3.05, 3.63) is 29.8 Å². The number of fused-ring (bicyclic) bond motifs is 1. The van der Waals surface area contributed by atoms with E-state index in [1.165, 1.54) is 5.56 Å². The molecule has 82 valence electrons. The summed E-state index contributed by atoms with van der Waals surface area (Å²) < 4.78 is 39.2. The molecule has 1 aromatic rings. The number of halogens is 1. The number of hydrogen-bond acceptors (Lipinski definition) is 5. The van der Waals surface area contributed by atoms with Gasteiger partial charge in [-0.05, 0) is 12.1 Å². The van der Waals surface area contributed by atoms with Crippen LogP contribution in [0.3, 0.4) is 0 Å². The Morgan fingerprint density at radius 2 is 1.73 bits per heavy atom. The van der Waals surface area contributed by atoms with Crippen molar-refractivity contribution >= 4 is 6.40 Å². The second-order valence-electron chi connectivity index (χ2n) is 2.60. The number of ether oxygens (including phenoxy) is 1. The Kier molecular flexibility index (Phi) is 4.01. The van der Waals surface area contributed by atoms with Crippen molar-refractivity contribution in [1.29, 1.82) is 0 Å². The molecule has 1 aliphatic rings. The van der Waals surface area contributed by atoms with E-state index in [0.717, 1.165) is 12.3 Å². The average molecular weight is 234 g/mol. The van der Waals surface area contributed by atoms with Gasteiger partial charge in [-0.3, -0.25) is 0 Å². The molecule has 0 aromatic heterocycles. The second-order valence-corrected chi connectivity index (χ2v) is 3.36. The first kappa shape index (κ1) is 11.9. The van der Waals surface area contributed by atoms with Crippen LogP contribution in [0.15, 0.2) is 24.3 Å². The minimum absolute atomic E-state index is 0.871. The lowest BCUT2D eigenvalue weighted by atomic mass is 10.2. The van der Waals surface area contributed by atoms with Gasteiger partial charge in [-0.1, -0.05) is 12.1 Å². The summed E-state index contributed by atoms with van der Waals surface area (Å²) in [5.74, 6) is 0.959. The van der Waals surface area contributed by atoms with E-state index in [9.17, 15) is 0 Å². The van der Waals surface area contributed by atoms with Crippen LogP contribution < -0.4 is 28.4 Å². The third kappa shape index (κ3) is 5.31. The first-order valence-electron chi connectivity index (χ1n) is 3.88. The van der Waals surface area contributed by atoms with Crippen LogP contribution in [0.5, 0.6) is 5.75 Å². The molecule has 0 saturated carbocycles. The van der Waals surface area contributed by atoms with E-state index in [-0.39, 0.29) is 0 Å². The first-order valence-corrected chi connectivity index (χ1v) is 5.11. The Morgan fingerprint density at radius 3 is 2.33 bits per heavy atom. The van der Waals surface area contributed by atoms with Gasteiger partial charge in [0.05, 0.1) is 5.56 Å². The Balaban J connectivity index is 0.000000195. The van der Waals surface area contributed by atoms with Gasteiger partial charge in [0.1, 0.15) is 5.75 Å². The predicted molar refractivity (Wildman–Crippen MR) is 37.8 cm³/mol. The quantitative estimate of drug-likeness (QED) is 0.481. The highest BCUT2D eigenvalue weighted by Gasteiger charge is 2.07. The first-order chi connectivity index (χ1) is 6.97. The zero-order valence-corrected chi connectivity index (χ0v) is 8.27. The van der Waals surface area contributed by atoms with Gasteiger partial charge in [0.2, 0.25) is 0 Å². The molecule has 1 aromatic carbocycles. The summed E-state index contributed by atoms with van der Waals surface area (Å²) >= 11 is 0. The van der Waals surface area contributed by atoms with Crippen molar-refractivity contribution in [2.45, 2.75) is 6.54 Å². The lowest BCUT2D eigenvalue weighted by Crippen LogP contribution is -2.69. The minimum atomic E-state index is -4.94. The molecule has 6 nitrogen and oxygen atoms in total. The molecule has 15 heavy (non-hydrogen) atoms. The Bertz CT molecular complexity index is 316. The molecule has 7 heteroatoms. The number of nitrogens with one attached hydrogen (secondary N) is 1. The molecule has 1 aliphatic heterocycles. The molecule has 1 N–H and O–H groups in total. The predicted octanol–water partition coefficient (Wildman–Crippen LogP) is -5.07. The van der Waals surface area contributed by atoms with Crippen LogP contribution in [-0.2, 0) is 6.54 Å². The monoisotopic (exact) mass is 233 g/mol. The summed E-state index contributed by atoms with van der Waals surface area (Å²) in [7, 11) is -4.94. The van der Waals surface area contributed by atoms with E-state index in [1.54, 1.807) is 6.40 Å². The number of hydrogen-bond donors (Lipinski definition) is 1. The second kappa shape index (κ2) is 5.06. The van der Waals surface area contributed by atoms with E-state index in [1.807, 2.05) is 18.2 Å². The molecule has 0 saturated heterocycles. The minimum Gasteiger partial charge on any atom is -0.411 e. The van der Waals surface area contributed by atoms with Crippen LogP contribution in [0.2, 0.25) is 0 Å². The standard InChI is InChI=1S/C8H7NO.ClHO4/c1-2-4-8-7(3-1)5-9-6-10-8;2-1(3,4)5/h1-4,6H,5H2;(H,2,3,4,5). The normalized spacial score (nSPS) is 13.3. The van der Waals surface area contributed by atoms with Gasteiger partial charge >= 0.3 is 6.40 Å². The molecule has 0 spiro atoms. The van der Waals surface area contributed by atoms with Crippen molar-refractivity contribution in [3.63, 3.8) is 0 Å². The van der Waals surface area contributed by atoms with Crippen LogP contribution in [-0.4, -0.2) is 6.40 Å².